The molecule has 8 nitrogen and oxygen atoms in total. The standard InChI is InChI=1S/C26H33ClN4O4/c1-3-29(4-2)9-10-31-18-23(25(33)28-16-19-5-7-20(27)8-6-19)24(32)22-15-21(35-26(22)31)17-30-11-13-34-14-12-30/h5-8,15,18H,3-4,9-14,16-17H2,1-2H3,(H,28,33). The molecule has 1 aliphatic heterocycles. The molecule has 1 aromatic carbocycles. The highest BCUT2D eigenvalue weighted by Gasteiger charge is 2.21. The number of benzene rings is 1. The van der Waals surface area contributed by atoms with Crippen molar-refractivity contribution >= 4 is 28.6 Å². The van der Waals surface area contributed by atoms with Crippen molar-refractivity contribution in [3.05, 3.63) is 68.7 Å². The second kappa shape index (κ2) is 11.9. The normalized spacial score (nSPS) is 14.6. The average molecular weight is 501 g/mol. The molecule has 1 N–H and O–H groups in total. The molecule has 1 saturated heterocycles. The molecule has 0 aliphatic carbocycles. The SMILES string of the molecule is CCN(CC)CCn1cc(C(=O)NCc2ccc(Cl)cc2)c(=O)c2cc(CN3CCOCC3)oc21. The van der Waals surface area contributed by atoms with Gasteiger partial charge < -0.3 is 23.9 Å². The van der Waals surface area contributed by atoms with Crippen molar-refractivity contribution in [1.29, 1.82) is 0 Å². The van der Waals surface area contributed by atoms with Crippen LogP contribution in [0, 0.1) is 0 Å². The highest BCUT2D eigenvalue weighted by atomic mass is 35.5. The Bertz CT molecular complexity index is 1190. The zero-order valence-corrected chi connectivity index (χ0v) is 21.1. The highest BCUT2D eigenvalue weighted by Crippen LogP contribution is 2.20. The monoisotopic (exact) mass is 500 g/mol. The van der Waals surface area contributed by atoms with Crippen molar-refractivity contribution in [2.75, 3.05) is 45.9 Å². The van der Waals surface area contributed by atoms with E-state index in [4.69, 9.17) is 20.8 Å². The van der Waals surface area contributed by atoms with Gasteiger partial charge in [0.15, 0.2) is 0 Å². The molecule has 1 aliphatic rings. The van der Waals surface area contributed by atoms with E-state index in [1.54, 1.807) is 24.4 Å². The van der Waals surface area contributed by atoms with Gasteiger partial charge in [0.05, 0.1) is 25.1 Å². The summed E-state index contributed by atoms with van der Waals surface area (Å²) in [5.74, 6) is 0.314. The van der Waals surface area contributed by atoms with E-state index in [-0.39, 0.29) is 11.0 Å². The molecule has 0 spiro atoms. The third kappa shape index (κ3) is 6.32. The van der Waals surface area contributed by atoms with Crippen LogP contribution in [0.5, 0.6) is 0 Å². The fourth-order valence-corrected chi connectivity index (χ4v) is 4.41. The molecule has 2 aromatic heterocycles. The number of aromatic nitrogens is 1. The van der Waals surface area contributed by atoms with Crippen molar-refractivity contribution in [2.45, 2.75) is 33.5 Å². The van der Waals surface area contributed by atoms with Crippen molar-refractivity contribution in [3.63, 3.8) is 0 Å². The fraction of sp³-hybridized carbons (Fsp3) is 0.462. The van der Waals surface area contributed by atoms with E-state index >= 15 is 0 Å². The van der Waals surface area contributed by atoms with Crippen LogP contribution in [0.15, 0.2) is 45.7 Å². The first-order valence-corrected chi connectivity index (χ1v) is 12.6. The minimum atomic E-state index is -0.403. The number of nitrogens with one attached hydrogen (secondary N) is 1. The number of rotatable bonds is 10. The van der Waals surface area contributed by atoms with Crippen LogP contribution in [-0.4, -0.2) is 66.2 Å². The molecule has 1 amide bonds. The number of halogens is 1. The van der Waals surface area contributed by atoms with Gasteiger partial charge in [-0.05, 0) is 36.9 Å². The lowest BCUT2D eigenvalue weighted by molar-refractivity contribution is 0.0315. The number of amides is 1. The number of fused-ring (bicyclic) bond motifs is 1. The number of furan rings is 1. The first kappa shape index (κ1) is 25.4. The van der Waals surface area contributed by atoms with Gasteiger partial charge in [0.1, 0.15) is 11.3 Å². The lowest BCUT2D eigenvalue weighted by Gasteiger charge is -2.25. The average Bonchev–Trinajstić information content (AvgIpc) is 3.30. The van der Waals surface area contributed by atoms with E-state index < -0.39 is 5.91 Å². The molecule has 3 aromatic rings. The molecule has 4 rings (SSSR count). The maximum atomic E-state index is 13.3. The van der Waals surface area contributed by atoms with Crippen LogP contribution in [0.4, 0.5) is 0 Å². The molecular formula is C26H33ClN4O4. The first-order valence-electron chi connectivity index (χ1n) is 12.2. The number of likely N-dealkylation sites (N-methyl/N-ethyl adjacent to an activating group) is 1. The predicted octanol–water partition coefficient (Wildman–Crippen LogP) is 3.35. The number of pyridine rings is 1. The summed E-state index contributed by atoms with van der Waals surface area (Å²) < 4.78 is 13.5. The molecule has 188 valence electrons. The lowest BCUT2D eigenvalue weighted by Crippen LogP contribution is -2.35. The number of nitrogens with zero attached hydrogens (tertiary/aromatic N) is 3. The summed E-state index contributed by atoms with van der Waals surface area (Å²) in [6, 6.07) is 9.04. The summed E-state index contributed by atoms with van der Waals surface area (Å²) in [5, 5.41) is 3.94. The van der Waals surface area contributed by atoms with E-state index in [1.807, 2.05) is 16.7 Å². The zero-order chi connectivity index (χ0) is 24.8. The minimum Gasteiger partial charge on any atom is -0.443 e. The zero-order valence-electron chi connectivity index (χ0n) is 20.4. The summed E-state index contributed by atoms with van der Waals surface area (Å²) in [6.07, 6.45) is 1.63. The molecule has 0 saturated carbocycles. The molecule has 3 heterocycles. The summed E-state index contributed by atoms with van der Waals surface area (Å²) in [4.78, 5) is 30.9. The van der Waals surface area contributed by atoms with Crippen molar-refractivity contribution < 1.29 is 13.9 Å². The maximum absolute atomic E-state index is 13.3. The highest BCUT2D eigenvalue weighted by molar-refractivity contribution is 6.30. The van der Waals surface area contributed by atoms with E-state index in [9.17, 15) is 9.59 Å². The van der Waals surface area contributed by atoms with Crippen molar-refractivity contribution in [2.24, 2.45) is 0 Å². The number of carbonyl (C=O) groups is 1. The van der Waals surface area contributed by atoms with Gasteiger partial charge in [-0.1, -0.05) is 37.6 Å². The maximum Gasteiger partial charge on any atom is 0.257 e. The van der Waals surface area contributed by atoms with E-state index in [2.05, 4.69) is 29.0 Å². The van der Waals surface area contributed by atoms with Crippen molar-refractivity contribution in [1.82, 2.24) is 19.7 Å². The van der Waals surface area contributed by atoms with Crippen LogP contribution in [0.25, 0.3) is 11.1 Å². The predicted molar refractivity (Wildman–Crippen MR) is 137 cm³/mol. The quantitative estimate of drug-likeness (QED) is 0.460. The Kier molecular flexibility index (Phi) is 8.62. The Labute approximate surface area is 210 Å². The second-order valence-electron chi connectivity index (χ2n) is 8.72. The number of morpholine rings is 1. The van der Waals surface area contributed by atoms with Crippen LogP contribution in [0.1, 0.15) is 35.5 Å². The van der Waals surface area contributed by atoms with Gasteiger partial charge in [0, 0.05) is 43.9 Å². The molecule has 35 heavy (non-hydrogen) atoms. The smallest absolute Gasteiger partial charge is 0.257 e. The molecule has 1 fully saturated rings. The van der Waals surface area contributed by atoms with E-state index in [0.717, 1.165) is 38.3 Å². The molecule has 0 radical (unpaired) electrons. The van der Waals surface area contributed by atoms with Crippen LogP contribution < -0.4 is 10.7 Å². The van der Waals surface area contributed by atoms with Crippen molar-refractivity contribution in [3.8, 4) is 0 Å². The summed E-state index contributed by atoms with van der Waals surface area (Å²) in [6.45, 7) is 11.4. The molecule has 0 atom stereocenters. The fourth-order valence-electron chi connectivity index (χ4n) is 4.28. The topological polar surface area (TPSA) is 80.0 Å². The van der Waals surface area contributed by atoms with Gasteiger partial charge in [-0.15, -0.1) is 0 Å². The van der Waals surface area contributed by atoms with E-state index in [1.165, 1.54) is 0 Å². The third-order valence-electron chi connectivity index (χ3n) is 6.44. The van der Waals surface area contributed by atoms with Gasteiger partial charge in [-0.3, -0.25) is 14.5 Å². The first-order chi connectivity index (χ1) is 17.0. The van der Waals surface area contributed by atoms with Gasteiger partial charge >= 0.3 is 0 Å². The van der Waals surface area contributed by atoms with Gasteiger partial charge in [-0.2, -0.15) is 0 Å². The Hall–Kier alpha value is -2.65. The molecule has 9 heteroatoms. The third-order valence-corrected chi connectivity index (χ3v) is 6.70. The Morgan fingerprint density at radius 1 is 1.14 bits per heavy atom. The molecule has 0 bridgehead atoms. The number of ether oxygens (including phenoxy) is 1. The number of hydrogen-bond acceptors (Lipinski definition) is 6. The number of hydrogen-bond donors (Lipinski definition) is 1. The van der Waals surface area contributed by atoms with Crippen LogP contribution in [0.3, 0.4) is 0 Å². The van der Waals surface area contributed by atoms with Crippen LogP contribution >= 0.6 is 11.6 Å². The van der Waals surface area contributed by atoms with Gasteiger partial charge in [0.2, 0.25) is 11.1 Å². The Morgan fingerprint density at radius 2 is 1.86 bits per heavy atom. The van der Waals surface area contributed by atoms with Crippen LogP contribution in [-0.2, 0) is 24.4 Å². The summed E-state index contributed by atoms with van der Waals surface area (Å²) in [5.41, 5.74) is 1.22. The lowest BCUT2D eigenvalue weighted by atomic mass is 10.1. The largest absolute Gasteiger partial charge is 0.443 e. The molecule has 0 unspecified atom stereocenters. The Balaban J connectivity index is 1.62. The summed E-state index contributed by atoms with van der Waals surface area (Å²) in [7, 11) is 0. The van der Waals surface area contributed by atoms with Gasteiger partial charge in [-0.25, -0.2) is 0 Å². The summed E-state index contributed by atoms with van der Waals surface area (Å²) >= 11 is 5.95. The van der Waals surface area contributed by atoms with Crippen LogP contribution in [0.2, 0.25) is 5.02 Å². The Morgan fingerprint density at radius 3 is 2.54 bits per heavy atom. The van der Waals surface area contributed by atoms with E-state index in [0.29, 0.717) is 54.7 Å². The minimum absolute atomic E-state index is 0.115. The second-order valence-corrected chi connectivity index (χ2v) is 9.16. The number of carbonyl (C=O) groups excluding carboxylic acids is 1. The van der Waals surface area contributed by atoms with Gasteiger partial charge in [0.25, 0.3) is 5.91 Å². The molecular weight excluding hydrogens is 468 g/mol.